The lowest BCUT2D eigenvalue weighted by Gasteiger charge is -2.27. The number of hydrazone groups is 1. The minimum Gasteiger partial charge on any atom is -0.508 e. The maximum atomic E-state index is 14.4. The molecule has 5 heteroatoms. The first-order chi connectivity index (χ1) is 14.5. The highest BCUT2D eigenvalue weighted by Crippen LogP contribution is 2.30. The predicted octanol–water partition coefficient (Wildman–Crippen LogP) is 6.17. The van der Waals surface area contributed by atoms with Gasteiger partial charge in [-0.05, 0) is 88.4 Å². The van der Waals surface area contributed by atoms with Gasteiger partial charge in [-0.25, -0.2) is 9.40 Å². The van der Waals surface area contributed by atoms with Crippen LogP contribution in [-0.2, 0) is 0 Å². The molecule has 1 saturated heterocycles. The maximum absolute atomic E-state index is 14.4. The molecule has 0 saturated carbocycles. The van der Waals surface area contributed by atoms with Gasteiger partial charge in [0.1, 0.15) is 11.6 Å². The van der Waals surface area contributed by atoms with Crippen molar-refractivity contribution < 1.29 is 10.9 Å². The Labute approximate surface area is 181 Å². The van der Waals surface area contributed by atoms with E-state index in [-0.39, 0.29) is 7.18 Å². The van der Waals surface area contributed by atoms with Crippen LogP contribution in [0.4, 0.5) is 4.39 Å². The second-order valence-electron chi connectivity index (χ2n) is 8.42. The molecule has 1 fully saturated rings. The van der Waals surface area contributed by atoms with E-state index in [1.165, 1.54) is 50.6 Å². The molecule has 1 aromatic carbocycles. The zero-order chi connectivity index (χ0) is 21.5. The number of phenols is 1. The molecule has 0 aliphatic carbocycles. The topological polar surface area (TPSA) is 39.1 Å². The van der Waals surface area contributed by atoms with E-state index in [0.717, 1.165) is 37.4 Å². The molecule has 2 aliphatic heterocycles. The van der Waals surface area contributed by atoms with Crippen LogP contribution >= 0.6 is 0 Å². The van der Waals surface area contributed by atoms with Crippen LogP contribution in [0.3, 0.4) is 0 Å². The lowest BCUT2D eigenvalue weighted by Crippen LogP contribution is -2.28. The van der Waals surface area contributed by atoms with Crippen LogP contribution in [0.25, 0.3) is 5.70 Å². The summed E-state index contributed by atoms with van der Waals surface area (Å²) in [6.45, 7) is 11.8. The molecule has 0 amide bonds. The minimum absolute atomic E-state index is 0. The zero-order valence-electron chi connectivity index (χ0n) is 18.3. The van der Waals surface area contributed by atoms with Crippen molar-refractivity contribution in [3.8, 4) is 5.75 Å². The molecule has 0 spiro atoms. The van der Waals surface area contributed by atoms with Crippen molar-refractivity contribution in [1.82, 2.24) is 9.91 Å². The lowest BCUT2D eigenvalue weighted by atomic mass is 10.1. The molecular weight excluding hydrogens is 377 g/mol. The Morgan fingerprint density at radius 3 is 2.97 bits per heavy atom. The number of benzene rings is 1. The first-order valence-electron chi connectivity index (χ1n) is 11.1. The summed E-state index contributed by atoms with van der Waals surface area (Å²) in [7, 11) is 0. The Morgan fingerprint density at radius 1 is 1.33 bits per heavy atom. The summed E-state index contributed by atoms with van der Waals surface area (Å²) in [5.74, 6) is 0.428. The third kappa shape index (κ3) is 5.82. The van der Waals surface area contributed by atoms with Crippen molar-refractivity contribution in [2.24, 2.45) is 11.0 Å². The fourth-order valence-electron chi connectivity index (χ4n) is 4.23. The summed E-state index contributed by atoms with van der Waals surface area (Å²) < 4.78 is 14.4. The van der Waals surface area contributed by atoms with Crippen LogP contribution in [0.1, 0.15) is 59.4 Å². The van der Waals surface area contributed by atoms with E-state index < -0.39 is 5.82 Å². The maximum Gasteiger partial charge on any atom is 0.132 e. The number of nitrogens with zero attached hydrogens (tertiary/aromatic N) is 3. The van der Waals surface area contributed by atoms with Gasteiger partial charge in [-0.3, -0.25) is 0 Å². The molecule has 2 heterocycles. The number of allylic oxidation sites excluding steroid dienone is 3. The van der Waals surface area contributed by atoms with Crippen molar-refractivity contribution in [3.63, 3.8) is 0 Å². The SMILES string of the molecule is C=C1C=CC(CCCCN2CCCC[C@@H](C)C2)=NN1/C(=C\C)c1cc(O)ccc1F.[HH]. The summed E-state index contributed by atoms with van der Waals surface area (Å²) >= 11 is 0. The summed E-state index contributed by atoms with van der Waals surface area (Å²) in [5, 5.41) is 16.2. The van der Waals surface area contributed by atoms with E-state index in [0.29, 0.717) is 17.0 Å². The first-order valence-corrected chi connectivity index (χ1v) is 11.1. The highest BCUT2D eigenvalue weighted by molar-refractivity contribution is 5.96. The van der Waals surface area contributed by atoms with Crippen molar-refractivity contribution in [2.75, 3.05) is 19.6 Å². The second kappa shape index (κ2) is 10.6. The van der Waals surface area contributed by atoms with Crippen LogP contribution in [0.5, 0.6) is 5.75 Å². The molecule has 2 aliphatic rings. The number of hydrogen-bond donors (Lipinski definition) is 1. The van der Waals surface area contributed by atoms with Crippen molar-refractivity contribution in [2.45, 2.75) is 52.4 Å². The van der Waals surface area contributed by atoms with E-state index in [2.05, 4.69) is 18.4 Å². The van der Waals surface area contributed by atoms with Crippen LogP contribution in [-0.4, -0.2) is 40.4 Å². The number of unbranched alkanes of at least 4 members (excludes halogenated alkanes) is 1. The number of hydrogen-bond acceptors (Lipinski definition) is 4. The number of likely N-dealkylation sites (tertiary alicyclic amines) is 1. The monoisotopic (exact) mass is 413 g/mol. The van der Waals surface area contributed by atoms with Crippen LogP contribution in [0.2, 0.25) is 0 Å². The quantitative estimate of drug-likeness (QED) is 0.543. The number of aromatic hydroxyl groups is 1. The second-order valence-corrected chi connectivity index (χ2v) is 8.42. The fourth-order valence-corrected chi connectivity index (χ4v) is 4.23. The highest BCUT2D eigenvalue weighted by Gasteiger charge is 2.20. The number of rotatable bonds is 7. The van der Waals surface area contributed by atoms with Gasteiger partial charge in [0.2, 0.25) is 0 Å². The van der Waals surface area contributed by atoms with Gasteiger partial charge in [0.05, 0.1) is 17.1 Å². The van der Waals surface area contributed by atoms with Gasteiger partial charge in [0.25, 0.3) is 0 Å². The van der Waals surface area contributed by atoms with E-state index in [1.54, 1.807) is 11.1 Å². The zero-order valence-corrected chi connectivity index (χ0v) is 18.3. The summed E-state index contributed by atoms with van der Waals surface area (Å²) in [6.07, 6.45) is 12.8. The smallest absolute Gasteiger partial charge is 0.132 e. The molecule has 4 nitrogen and oxygen atoms in total. The molecule has 1 N–H and O–H groups in total. The Bertz CT molecular complexity index is 849. The Kier molecular flexibility index (Phi) is 7.86. The van der Waals surface area contributed by atoms with Crippen LogP contribution in [0.15, 0.2) is 53.8 Å². The first kappa shape index (κ1) is 22.3. The van der Waals surface area contributed by atoms with Gasteiger partial charge in [0, 0.05) is 13.5 Å². The molecule has 1 aromatic rings. The molecule has 0 radical (unpaired) electrons. The molecule has 30 heavy (non-hydrogen) atoms. The summed E-state index contributed by atoms with van der Waals surface area (Å²) in [4.78, 5) is 2.60. The molecule has 0 unspecified atom stereocenters. The van der Waals surface area contributed by atoms with Crippen molar-refractivity contribution in [1.29, 1.82) is 0 Å². The Hall–Kier alpha value is -2.40. The average Bonchev–Trinajstić information content (AvgIpc) is 2.94. The molecular formula is C25H36FN3O. The van der Waals surface area contributed by atoms with Gasteiger partial charge in [-0.15, -0.1) is 0 Å². The molecule has 1 atom stereocenters. The molecule has 0 aromatic heterocycles. The van der Waals surface area contributed by atoms with Crippen molar-refractivity contribution >= 4 is 11.4 Å². The fraction of sp³-hybridized carbons (Fsp3) is 0.480. The van der Waals surface area contributed by atoms with Gasteiger partial charge < -0.3 is 10.0 Å². The van der Waals surface area contributed by atoms with E-state index in [9.17, 15) is 9.50 Å². The third-order valence-electron chi connectivity index (χ3n) is 5.84. The van der Waals surface area contributed by atoms with Gasteiger partial charge >= 0.3 is 0 Å². The van der Waals surface area contributed by atoms with E-state index in [1.807, 2.05) is 19.1 Å². The number of halogens is 1. The van der Waals surface area contributed by atoms with Crippen LogP contribution < -0.4 is 0 Å². The van der Waals surface area contributed by atoms with Gasteiger partial charge in [-0.2, -0.15) is 5.10 Å². The Morgan fingerprint density at radius 2 is 2.17 bits per heavy atom. The largest absolute Gasteiger partial charge is 0.508 e. The van der Waals surface area contributed by atoms with Gasteiger partial charge in [-0.1, -0.05) is 26.0 Å². The van der Waals surface area contributed by atoms with E-state index in [4.69, 9.17) is 5.10 Å². The minimum atomic E-state index is -0.397. The normalized spacial score (nSPS) is 21.0. The summed E-state index contributed by atoms with van der Waals surface area (Å²) in [6, 6.07) is 4.04. The summed E-state index contributed by atoms with van der Waals surface area (Å²) in [5.41, 5.74) is 2.53. The van der Waals surface area contributed by atoms with Gasteiger partial charge in [0.15, 0.2) is 0 Å². The third-order valence-corrected chi connectivity index (χ3v) is 5.84. The average molecular weight is 414 g/mol. The Balaban J connectivity index is 0.00000341. The number of phenolic OH excluding ortho intramolecular Hbond substituents is 1. The standard InChI is InChI=1S/C25H34FN3O.H2/c1-4-25(23-17-22(30)13-14-24(23)26)29-20(3)11-12-21(27-29)10-6-8-16-28-15-7-5-9-19(2)18-28;/h4,11-14,17,19,30H,3,5-10,15-16,18H2,1-2H3;1H/b25-4-;/t19-;/m1./s1. The van der Waals surface area contributed by atoms with Crippen molar-refractivity contribution in [3.05, 3.63) is 60.1 Å². The van der Waals surface area contributed by atoms with E-state index >= 15 is 0 Å². The molecule has 0 bridgehead atoms. The highest BCUT2D eigenvalue weighted by atomic mass is 19.1. The molecule has 164 valence electrons. The lowest BCUT2D eigenvalue weighted by molar-refractivity contribution is 0.252. The molecule has 3 rings (SSSR count). The van der Waals surface area contributed by atoms with Crippen LogP contribution in [0, 0.1) is 11.7 Å². The predicted molar refractivity (Wildman–Crippen MR) is 125 cm³/mol.